The average molecular weight is 412 g/mol. The van der Waals surface area contributed by atoms with Crippen molar-refractivity contribution in [3.63, 3.8) is 0 Å². The van der Waals surface area contributed by atoms with Crippen LogP contribution < -0.4 is 21.9 Å². The van der Waals surface area contributed by atoms with Crippen LogP contribution in [0.25, 0.3) is 11.2 Å². The van der Waals surface area contributed by atoms with Crippen LogP contribution in [0.5, 0.6) is 0 Å². The molecule has 2 heterocycles. The van der Waals surface area contributed by atoms with Crippen LogP contribution in [0.1, 0.15) is 24.1 Å². The molecule has 0 saturated heterocycles. The number of anilines is 1. The molecule has 158 valence electrons. The van der Waals surface area contributed by atoms with Gasteiger partial charge in [0, 0.05) is 19.8 Å². The van der Waals surface area contributed by atoms with Gasteiger partial charge in [-0.05, 0) is 31.9 Å². The van der Waals surface area contributed by atoms with Gasteiger partial charge in [0.25, 0.3) is 5.56 Å². The van der Waals surface area contributed by atoms with Crippen molar-refractivity contribution in [3.8, 4) is 0 Å². The lowest BCUT2D eigenvalue weighted by atomic mass is 10.1. The molecular formula is C20H24N6O4. The van der Waals surface area contributed by atoms with Crippen LogP contribution in [0, 0.1) is 13.8 Å². The Morgan fingerprint density at radius 1 is 1.10 bits per heavy atom. The molecule has 2 N–H and O–H groups in total. The minimum atomic E-state index is -0.812. The topological polar surface area (TPSA) is 120 Å². The second-order valence-corrected chi connectivity index (χ2v) is 7.24. The molecule has 1 unspecified atom stereocenters. The Kier molecular flexibility index (Phi) is 5.59. The molecule has 30 heavy (non-hydrogen) atoms. The zero-order valence-corrected chi connectivity index (χ0v) is 17.5. The van der Waals surface area contributed by atoms with Gasteiger partial charge in [0.2, 0.25) is 11.8 Å². The lowest BCUT2D eigenvalue weighted by Crippen LogP contribution is -2.39. The fraction of sp³-hybridized carbons (Fsp3) is 0.350. The van der Waals surface area contributed by atoms with Gasteiger partial charge in [0.05, 0.1) is 12.9 Å². The van der Waals surface area contributed by atoms with Crippen LogP contribution in [0.15, 0.2) is 34.1 Å². The smallest absolute Gasteiger partial charge is 0.332 e. The van der Waals surface area contributed by atoms with Crippen molar-refractivity contribution in [2.45, 2.75) is 26.8 Å². The Morgan fingerprint density at radius 2 is 1.73 bits per heavy atom. The number of nitrogens with one attached hydrogen (secondary N) is 2. The third kappa shape index (κ3) is 3.63. The quantitative estimate of drug-likeness (QED) is 0.627. The van der Waals surface area contributed by atoms with Crippen molar-refractivity contribution in [2.75, 3.05) is 11.9 Å². The summed E-state index contributed by atoms with van der Waals surface area (Å²) in [4.78, 5) is 53.6. The SMILES string of the molecule is Cc1cccc(C)c1NC(=O)CNC(=O)C(C)n1cnc2c1c(=O)n(C)c(=O)n2C. The van der Waals surface area contributed by atoms with Crippen molar-refractivity contribution < 1.29 is 9.59 Å². The first kappa shape index (κ1) is 21.0. The number of fused-ring (bicyclic) bond motifs is 1. The van der Waals surface area contributed by atoms with Crippen LogP contribution in [0.2, 0.25) is 0 Å². The average Bonchev–Trinajstić information content (AvgIpc) is 3.16. The number of amides is 2. The highest BCUT2D eigenvalue weighted by molar-refractivity contribution is 5.96. The number of carbonyl (C=O) groups excluding carboxylic acids is 2. The van der Waals surface area contributed by atoms with E-state index in [4.69, 9.17) is 0 Å². The minimum Gasteiger partial charge on any atom is -0.345 e. The van der Waals surface area contributed by atoms with Gasteiger partial charge in [0.1, 0.15) is 6.04 Å². The standard InChI is InChI=1S/C20H24N6O4/c1-11-7-6-8-12(2)15(11)23-14(27)9-21-18(28)13(3)26-10-22-17-16(26)19(29)25(5)20(30)24(17)4/h6-8,10,13H,9H2,1-5H3,(H,21,28)(H,23,27). The van der Waals surface area contributed by atoms with E-state index < -0.39 is 23.2 Å². The van der Waals surface area contributed by atoms with Gasteiger partial charge < -0.3 is 15.2 Å². The minimum absolute atomic E-state index is 0.141. The zero-order chi connectivity index (χ0) is 22.2. The number of imidazole rings is 1. The van der Waals surface area contributed by atoms with E-state index in [1.54, 1.807) is 6.92 Å². The molecule has 0 fully saturated rings. The molecule has 0 bridgehead atoms. The number of para-hydroxylation sites is 1. The van der Waals surface area contributed by atoms with Crippen LogP contribution in [-0.2, 0) is 23.7 Å². The predicted molar refractivity (Wildman–Crippen MR) is 112 cm³/mol. The molecular weight excluding hydrogens is 388 g/mol. The summed E-state index contributed by atoms with van der Waals surface area (Å²) in [7, 11) is 2.87. The van der Waals surface area contributed by atoms with Gasteiger partial charge in [-0.1, -0.05) is 18.2 Å². The lowest BCUT2D eigenvalue weighted by molar-refractivity contribution is -0.126. The van der Waals surface area contributed by atoms with Crippen molar-refractivity contribution in [3.05, 3.63) is 56.5 Å². The summed E-state index contributed by atoms with van der Waals surface area (Å²) >= 11 is 0. The molecule has 0 aliphatic heterocycles. The number of hydrogen-bond donors (Lipinski definition) is 2. The maximum atomic E-state index is 12.6. The molecule has 3 rings (SSSR count). The Hall–Kier alpha value is -3.69. The number of carbonyl (C=O) groups is 2. The zero-order valence-electron chi connectivity index (χ0n) is 17.5. The molecule has 0 radical (unpaired) electrons. The highest BCUT2D eigenvalue weighted by Gasteiger charge is 2.22. The van der Waals surface area contributed by atoms with Crippen molar-refractivity contribution in [2.24, 2.45) is 14.1 Å². The molecule has 10 nitrogen and oxygen atoms in total. The molecule has 0 saturated carbocycles. The number of aryl methyl sites for hydroxylation is 3. The molecule has 1 atom stereocenters. The summed E-state index contributed by atoms with van der Waals surface area (Å²) in [6.45, 7) is 5.15. The second kappa shape index (κ2) is 7.97. The monoisotopic (exact) mass is 412 g/mol. The third-order valence-corrected chi connectivity index (χ3v) is 5.14. The fourth-order valence-electron chi connectivity index (χ4n) is 3.29. The van der Waals surface area contributed by atoms with Crippen molar-refractivity contribution in [1.82, 2.24) is 24.0 Å². The lowest BCUT2D eigenvalue weighted by Gasteiger charge is -2.15. The number of benzene rings is 1. The summed E-state index contributed by atoms with van der Waals surface area (Å²) in [5.41, 5.74) is 1.85. The molecule has 2 amide bonds. The Labute approximate surface area is 172 Å². The largest absolute Gasteiger partial charge is 0.345 e. The number of aromatic nitrogens is 4. The summed E-state index contributed by atoms with van der Waals surface area (Å²) in [5.74, 6) is -0.816. The summed E-state index contributed by atoms with van der Waals surface area (Å²) in [6, 6.07) is 4.87. The van der Waals surface area contributed by atoms with Gasteiger partial charge in [-0.15, -0.1) is 0 Å². The van der Waals surface area contributed by atoms with E-state index in [-0.39, 0.29) is 23.6 Å². The second-order valence-electron chi connectivity index (χ2n) is 7.24. The summed E-state index contributed by atoms with van der Waals surface area (Å²) in [5, 5.41) is 5.38. The highest BCUT2D eigenvalue weighted by atomic mass is 16.2. The van der Waals surface area contributed by atoms with Crippen molar-refractivity contribution >= 4 is 28.7 Å². The number of hydrogen-bond acceptors (Lipinski definition) is 5. The molecule has 10 heteroatoms. The normalized spacial score (nSPS) is 12.0. The number of rotatable bonds is 5. The van der Waals surface area contributed by atoms with Gasteiger partial charge in [0.15, 0.2) is 11.2 Å². The van der Waals surface area contributed by atoms with E-state index in [1.807, 2.05) is 32.0 Å². The van der Waals surface area contributed by atoms with E-state index >= 15 is 0 Å². The van der Waals surface area contributed by atoms with E-state index in [1.165, 1.54) is 29.6 Å². The predicted octanol–water partition coefficient (Wildman–Crippen LogP) is 0.366. The highest BCUT2D eigenvalue weighted by Crippen LogP contribution is 2.19. The summed E-state index contributed by atoms with van der Waals surface area (Å²) in [6.07, 6.45) is 1.34. The van der Waals surface area contributed by atoms with E-state index in [2.05, 4.69) is 15.6 Å². The van der Waals surface area contributed by atoms with Gasteiger partial charge in [-0.25, -0.2) is 9.78 Å². The third-order valence-electron chi connectivity index (χ3n) is 5.14. The molecule has 2 aromatic heterocycles. The van der Waals surface area contributed by atoms with Gasteiger partial charge in [-0.2, -0.15) is 0 Å². The first-order chi connectivity index (χ1) is 14.1. The van der Waals surface area contributed by atoms with Gasteiger partial charge >= 0.3 is 5.69 Å². The molecule has 0 aliphatic rings. The fourth-order valence-corrected chi connectivity index (χ4v) is 3.29. The molecule has 0 spiro atoms. The Bertz CT molecular complexity index is 1250. The van der Waals surface area contributed by atoms with Crippen molar-refractivity contribution in [1.29, 1.82) is 0 Å². The maximum Gasteiger partial charge on any atom is 0.332 e. The maximum absolute atomic E-state index is 12.6. The van der Waals surface area contributed by atoms with Crippen LogP contribution >= 0.6 is 0 Å². The molecule has 1 aromatic carbocycles. The van der Waals surface area contributed by atoms with E-state index in [0.717, 1.165) is 21.4 Å². The first-order valence-corrected chi connectivity index (χ1v) is 9.39. The summed E-state index contributed by atoms with van der Waals surface area (Å²) < 4.78 is 3.61. The Morgan fingerprint density at radius 3 is 2.37 bits per heavy atom. The molecule has 0 aliphatic carbocycles. The van der Waals surface area contributed by atoms with Crippen LogP contribution in [0.3, 0.4) is 0 Å². The first-order valence-electron chi connectivity index (χ1n) is 9.39. The van der Waals surface area contributed by atoms with Crippen LogP contribution in [-0.4, -0.2) is 37.0 Å². The van der Waals surface area contributed by atoms with Gasteiger partial charge in [-0.3, -0.25) is 23.5 Å². The van der Waals surface area contributed by atoms with E-state index in [0.29, 0.717) is 0 Å². The number of nitrogens with zero attached hydrogens (tertiary/aromatic N) is 4. The Balaban J connectivity index is 1.76. The van der Waals surface area contributed by atoms with Crippen LogP contribution in [0.4, 0.5) is 5.69 Å². The molecule has 3 aromatic rings. The van der Waals surface area contributed by atoms with E-state index in [9.17, 15) is 19.2 Å².